The molecule has 0 unspecified atom stereocenters. The van der Waals surface area contributed by atoms with Crippen LogP contribution < -0.4 is 5.32 Å². The lowest BCUT2D eigenvalue weighted by molar-refractivity contribution is -0.0503. The molecule has 0 spiro atoms. The number of hydrogen-bond donors (Lipinski definition) is 1. The number of nitrogens with one attached hydrogen (secondary N) is 1. The van der Waals surface area contributed by atoms with Crippen molar-refractivity contribution in [2.75, 3.05) is 19.6 Å². The van der Waals surface area contributed by atoms with Crippen LogP contribution >= 0.6 is 0 Å². The second-order valence-corrected chi connectivity index (χ2v) is 12.4. The highest BCUT2D eigenvalue weighted by Crippen LogP contribution is 2.59. The van der Waals surface area contributed by atoms with Gasteiger partial charge in [-0.05, 0) is 98.8 Å². The van der Waals surface area contributed by atoms with E-state index in [1.165, 1.54) is 38.5 Å². The fourth-order valence-electron chi connectivity index (χ4n) is 7.09. The summed E-state index contributed by atoms with van der Waals surface area (Å²) in [5.74, 6) is 2.54. The van der Waals surface area contributed by atoms with Crippen LogP contribution in [0.3, 0.4) is 0 Å². The molecule has 6 rings (SSSR count). The van der Waals surface area contributed by atoms with Crippen molar-refractivity contribution in [2.24, 2.45) is 23.2 Å². The van der Waals surface area contributed by atoms with Gasteiger partial charge in [0, 0.05) is 25.2 Å². The second-order valence-electron chi connectivity index (χ2n) is 10.4. The van der Waals surface area contributed by atoms with E-state index in [4.69, 9.17) is 0 Å². The fraction of sp³-hybridized carbons (Fsp3) is 0.708. The lowest BCUT2D eigenvalue weighted by Crippen LogP contribution is -2.51. The maximum atomic E-state index is 12.9. The molecule has 1 aromatic rings. The first-order chi connectivity index (χ1) is 14.4. The van der Waals surface area contributed by atoms with Crippen molar-refractivity contribution >= 4 is 15.9 Å². The van der Waals surface area contributed by atoms with Crippen LogP contribution in [0.4, 0.5) is 0 Å². The van der Waals surface area contributed by atoms with E-state index in [1.54, 1.807) is 28.6 Å². The number of carbonyl (C=O) groups excluding carboxylic acids is 1. The smallest absolute Gasteiger partial charge is 0.251 e. The summed E-state index contributed by atoms with van der Waals surface area (Å²) in [6.45, 7) is 1.95. The van der Waals surface area contributed by atoms with Crippen molar-refractivity contribution < 1.29 is 13.2 Å². The molecule has 4 aliphatic carbocycles. The van der Waals surface area contributed by atoms with Crippen molar-refractivity contribution in [1.82, 2.24) is 9.62 Å². The van der Waals surface area contributed by atoms with Crippen molar-refractivity contribution in [3.8, 4) is 0 Å². The summed E-state index contributed by atoms with van der Waals surface area (Å²) in [6, 6.07) is 6.53. The van der Waals surface area contributed by atoms with E-state index in [-0.39, 0.29) is 5.91 Å². The van der Waals surface area contributed by atoms with Crippen LogP contribution in [0.1, 0.15) is 74.6 Å². The number of benzene rings is 1. The molecule has 4 saturated carbocycles. The molecule has 1 saturated heterocycles. The predicted octanol–water partition coefficient (Wildman–Crippen LogP) is 4.20. The van der Waals surface area contributed by atoms with Gasteiger partial charge in [-0.2, -0.15) is 4.31 Å². The number of sulfonamides is 1. The van der Waals surface area contributed by atoms with Crippen LogP contribution in [-0.4, -0.2) is 38.3 Å². The summed E-state index contributed by atoms with van der Waals surface area (Å²) >= 11 is 0. The zero-order chi connectivity index (χ0) is 20.8. The molecule has 1 heterocycles. The standard InChI is InChI=1S/C24H34N2O3S/c27-23(25-17-24-14-18-11-19(15-24)13-20(12-18)16-24)21-5-7-22(8-6-21)30(28,29)26-9-3-1-2-4-10-26/h5-8,18-20H,1-4,9-17H2,(H,25,27). The Balaban J connectivity index is 1.23. The van der Waals surface area contributed by atoms with E-state index in [2.05, 4.69) is 5.32 Å². The van der Waals surface area contributed by atoms with Crippen molar-refractivity contribution in [3.63, 3.8) is 0 Å². The minimum Gasteiger partial charge on any atom is -0.351 e. The van der Waals surface area contributed by atoms with Gasteiger partial charge < -0.3 is 5.32 Å². The summed E-state index contributed by atoms with van der Waals surface area (Å²) in [5.41, 5.74) is 0.857. The van der Waals surface area contributed by atoms with Crippen molar-refractivity contribution in [1.29, 1.82) is 0 Å². The summed E-state index contributed by atoms with van der Waals surface area (Å²) < 4.78 is 27.5. The van der Waals surface area contributed by atoms with Gasteiger partial charge in [0.05, 0.1) is 4.90 Å². The maximum absolute atomic E-state index is 12.9. The maximum Gasteiger partial charge on any atom is 0.251 e. The van der Waals surface area contributed by atoms with Gasteiger partial charge in [0.25, 0.3) is 5.91 Å². The molecule has 30 heavy (non-hydrogen) atoms. The largest absolute Gasteiger partial charge is 0.351 e. The minimum absolute atomic E-state index is 0.0792. The molecule has 5 aliphatic rings. The molecule has 0 radical (unpaired) electrons. The molecule has 5 nitrogen and oxygen atoms in total. The Morgan fingerprint density at radius 1 is 0.900 bits per heavy atom. The molecule has 1 aromatic carbocycles. The van der Waals surface area contributed by atoms with Crippen molar-refractivity contribution in [2.45, 2.75) is 69.1 Å². The molecule has 164 valence electrons. The lowest BCUT2D eigenvalue weighted by atomic mass is 9.49. The second kappa shape index (κ2) is 7.94. The molecular weight excluding hydrogens is 396 g/mol. The molecule has 1 aliphatic heterocycles. The Hall–Kier alpha value is -1.40. The first kappa shape index (κ1) is 20.5. The minimum atomic E-state index is -3.47. The number of amides is 1. The van der Waals surface area contributed by atoms with E-state index < -0.39 is 10.0 Å². The van der Waals surface area contributed by atoms with Crippen LogP contribution in [0, 0.1) is 23.2 Å². The molecule has 1 amide bonds. The van der Waals surface area contributed by atoms with Crippen LogP contribution in [0.2, 0.25) is 0 Å². The normalized spacial score (nSPS) is 33.9. The van der Waals surface area contributed by atoms with Gasteiger partial charge in [-0.3, -0.25) is 4.79 Å². The number of carbonyl (C=O) groups is 1. The zero-order valence-electron chi connectivity index (χ0n) is 17.8. The van der Waals surface area contributed by atoms with Gasteiger partial charge in [-0.1, -0.05) is 12.8 Å². The SMILES string of the molecule is O=C(NCC12CC3CC(CC(C3)C1)C2)c1ccc(S(=O)(=O)N2CCCCCC2)cc1. The summed E-state index contributed by atoms with van der Waals surface area (Å²) in [4.78, 5) is 13.1. The number of rotatable bonds is 5. The summed E-state index contributed by atoms with van der Waals surface area (Å²) in [5, 5.41) is 3.19. The van der Waals surface area contributed by atoms with Crippen LogP contribution in [-0.2, 0) is 10.0 Å². The van der Waals surface area contributed by atoms with Gasteiger partial charge in [0.2, 0.25) is 10.0 Å². The monoisotopic (exact) mass is 430 g/mol. The predicted molar refractivity (Wildman–Crippen MR) is 117 cm³/mol. The Morgan fingerprint density at radius 2 is 1.43 bits per heavy atom. The van der Waals surface area contributed by atoms with Crippen LogP contribution in [0.15, 0.2) is 29.2 Å². The van der Waals surface area contributed by atoms with Crippen LogP contribution in [0.5, 0.6) is 0 Å². The average Bonchev–Trinajstić information content (AvgIpc) is 3.01. The third-order valence-corrected chi connectivity index (χ3v) is 10.0. The zero-order valence-corrected chi connectivity index (χ0v) is 18.6. The van der Waals surface area contributed by atoms with Gasteiger partial charge in [0.15, 0.2) is 0 Å². The first-order valence-electron chi connectivity index (χ1n) is 11.8. The van der Waals surface area contributed by atoms with Crippen LogP contribution in [0.25, 0.3) is 0 Å². The Bertz CT molecular complexity index is 850. The van der Waals surface area contributed by atoms with Gasteiger partial charge in [-0.25, -0.2) is 8.42 Å². The fourth-order valence-corrected chi connectivity index (χ4v) is 8.60. The quantitative estimate of drug-likeness (QED) is 0.761. The highest BCUT2D eigenvalue weighted by atomic mass is 32.2. The summed E-state index contributed by atoms with van der Waals surface area (Å²) in [6.07, 6.45) is 12.0. The molecular formula is C24H34N2O3S. The van der Waals surface area contributed by atoms with E-state index in [0.29, 0.717) is 29.0 Å². The molecule has 6 heteroatoms. The Morgan fingerprint density at radius 3 is 1.97 bits per heavy atom. The van der Waals surface area contributed by atoms with E-state index >= 15 is 0 Å². The van der Waals surface area contributed by atoms with Crippen molar-refractivity contribution in [3.05, 3.63) is 29.8 Å². The highest BCUT2D eigenvalue weighted by Gasteiger charge is 2.50. The molecule has 1 N–H and O–H groups in total. The molecule has 0 atom stereocenters. The topological polar surface area (TPSA) is 66.5 Å². The molecule has 4 bridgehead atoms. The highest BCUT2D eigenvalue weighted by molar-refractivity contribution is 7.89. The lowest BCUT2D eigenvalue weighted by Gasteiger charge is -2.56. The third kappa shape index (κ3) is 3.93. The average molecular weight is 431 g/mol. The van der Waals surface area contributed by atoms with E-state index in [9.17, 15) is 13.2 Å². The first-order valence-corrected chi connectivity index (χ1v) is 13.3. The van der Waals surface area contributed by atoms with E-state index in [1.807, 2.05) is 0 Å². The Labute approximate surface area is 180 Å². The molecule has 5 fully saturated rings. The summed E-state index contributed by atoms with van der Waals surface area (Å²) in [7, 11) is -3.47. The third-order valence-electron chi connectivity index (χ3n) is 8.11. The van der Waals surface area contributed by atoms with E-state index in [0.717, 1.165) is 50.0 Å². The number of hydrogen-bond acceptors (Lipinski definition) is 3. The number of nitrogens with zero attached hydrogens (tertiary/aromatic N) is 1. The van der Waals surface area contributed by atoms with Gasteiger partial charge in [-0.15, -0.1) is 0 Å². The van der Waals surface area contributed by atoms with Gasteiger partial charge >= 0.3 is 0 Å². The molecule has 0 aromatic heterocycles. The Kier molecular flexibility index (Phi) is 5.42. The van der Waals surface area contributed by atoms with Gasteiger partial charge in [0.1, 0.15) is 0 Å².